The predicted octanol–water partition coefficient (Wildman–Crippen LogP) is 9.09. The number of nitriles is 1. The van der Waals surface area contributed by atoms with E-state index < -0.39 is 23.4 Å². The minimum Gasteiger partial charge on any atom is -0.488 e. The van der Waals surface area contributed by atoms with Crippen molar-refractivity contribution >= 4 is 41.3 Å². The van der Waals surface area contributed by atoms with Gasteiger partial charge in [0.05, 0.1) is 41.6 Å². The number of aliphatic hydroxyl groups excluding tert-OH is 2. The smallest absolute Gasteiger partial charge is 0.410 e. The Labute approximate surface area is 426 Å². The van der Waals surface area contributed by atoms with Crippen molar-refractivity contribution in [2.45, 2.75) is 86.4 Å². The van der Waals surface area contributed by atoms with Crippen LogP contribution in [0.1, 0.15) is 85.3 Å². The molecule has 72 heavy (non-hydrogen) atoms. The largest absolute Gasteiger partial charge is 0.488 e. The fourth-order valence-corrected chi connectivity index (χ4v) is 8.41. The second-order valence-electron chi connectivity index (χ2n) is 19.5. The quantitative estimate of drug-likeness (QED) is 0.0898. The summed E-state index contributed by atoms with van der Waals surface area (Å²) >= 11 is 6.91. The predicted molar refractivity (Wildman–Crippen MR) is 274 cm³/mol. The molecule has 17 heteroatoms. The number of halogens is 1. The molecule has 0 spiro atoms. The lowest BCUT2D eigenvalue weighted by Gasteiger charge is -2.29. The van der Waals surface area contributed by atoms with Crippen molar-refractivity contribution < 1.29 is 48.3 Å². The maximum Gasteiger partial charge on any atom is 0.410 e. The second-order valence-corrected chi connectivity index (χ2v) is 19.9. The third kappa shape index (κ3) is 13.6. The average Bonchev–Trinajstić information content (AvgIpc) is 3.40. The van der Waals surface area contributed by atoms with Gasteiger partial charge in [-0.15, -0.1) is 0 Å². The fraction of sp³-hybridized carbons (Fsp3) is 0.382. The summed E-state index contributed by atoms with van der Waals surface area (Å²) in [6, 6.07) is 24.5. The molecule has 5 aromatic rings. The third-order valence-corrected chi connectivity index (χ3v) is 12.0. The Morgan fingerprint density at radius 1 is 0.750 bits per heavy atom. The number of fused-ring (bicyclic) bond motifs is 1. The number of pyridine rings is 1. The van der Waals surface area contributed by atoms with Crippen molar-refractivity contribution in [3.05, 3.63) is 129 Å². The van der Waals surface area contributed by atoms with E-state index in [0.717, 1.165) is 38.9 Å². The van der Waals surface area contributed by atoms with Crippen LogP contribution in [-0.4, -0.2) is 118 Å². The molecule has 4 amide bonds. The summed E-state index contributed by atoms with van der Waals surface area (Å²) in [6.07, 6.45) is 1.82. The van der Waals surface area contributed by atoms with E-state index in [9.17, 15) is 34.7 Å². The Kier molecular flexibility index (Phi) is 17.6. The van der Waals surface area contributed by atoms with Gasteiger partial charge in [0.2, 0.25) is 5.91 Å². The molecule has 6 rings (SSSR count). The van der Waals surface area contributed by atoms with E-state index in [0.29, 0.717) is 39.4 Å². The number of amides is 4. The van der Waals surface area contributed by atoms with Gasteiger partial charge in [0.1, 0.15) is 48.5 Å². The summed E-state index contributed by atoms with van der Waals surface area (Å²) < 4.78 is 23.9. The van der Waals surface area contributed by atoms with E-state index in [1.165, 1.54) is 25.8 Å². The van der Waals surface area contributed by atoms with Crippen molar-refractivity contribution in [2.24, 2.45) is 0 Å². The molecule has 0 saturated carbocycles. The normalized spacial score (nSPS) is 12.7. The molecule has 2 N–H and O–H groups in total. The molecular weight excluding hydrogens is 940 g/mol. The molecule has 0 bridgehead atoms. The molecule has 0 unspecified atom stereocenters. The summed E-state index contributed by atoms with van der Waals surface area (Å²) in [7, 11) is 1.58. The third-order valence-electron chi connectivity index (χ3n) is 11.7. The molecule has 4 aromatic carbocycles. The molecule has 1 aromatic heterocycles. The molecule has 1 aliphatic rings. The van der Waals surface area contributed by atoms with Gasteiger partial charge in [-0.3, -0.25) is 14.6 Å². The Morgan fingerprint density at radius 2 is 1.38 bits per heavy atom. The van der Waals surface area contributed by atoms with Crippen LogP contribution in [-0.2, 0) is 34.0 Å². The maximum absolute atomic E-state index is 13.9. The van der Waals surface area contributed by atoms with Gasteiger partial charge in [-0.2, -0.15) is 5.26 Å². The molecular formula is C55H63ClN6O10. The van der Waals surface area contributed by atoms with Gasteiger partial charge in [0, 0.05) is 62.8 Å². The van der Waals surface area contributed by atoms with Crippen molar-refractivity contribution in [1.29, 1.82) is 5.26 Å². The topological polar surface area (TPSA) is 195 Å². The first-order chi connectivity index (χ1) is 34.1. The molecule has 380 valence electrons. The fourth-order valence-electron chi connectivity index (χ4n) is 8.17. The van der Waals surface area contributed by atoms with Gasteiger partial charge >= 0.3 is 12.2 Å². The molecule has 0 saturated heterocycles. The standard InChI is InChI=1S/C55H63ClN6O10/c1-35-40(34-70-49-27-48(69-33-38-24-37(28-57)29-58-30-38)41(26-46(49)56)31-61(21-23-64)53(68)72-55(6,7)8)12-10-14-43(35)44-15-11-13-42(36(44)2)39-16-17-47-45(25-39)51(66)59(9)32-50(65)62(47)19-18-60(20-22-63)52(67)71-54(3,4)5/h10-17,24-27,29-30,63-64H,18-23,31-34H2,1-9H3. The molecule has 0 fully saturated rings. The van der Waals surface area contributed by atoms with Crippen LogP contribution in [0.4, 0.5) is 15.3 Å². The van der Waals surface area contributed by atoms with E-state index in [2.05, 4.69) is 11.1 Å². The van der Waals surface area contributed by atoms with E-state index in [1.807, 2.05) is 56.3 Å². The number of carbonyl (C=O) groups excluding carboxylic acids is 4. The summed E-state index contributed by atoms with van der Waals surface area (Å²) in [5.41, 5.74) is 7.13. The molecule has 0 radical (unpaired) electrons. The number of hydrogen-bond acceptors (Lipinski definition) is 12. The highest BCUT2D eigenvalue weighted by molar-refractivity contribution is 6.32. The van der Waals surface area contributed by atoms with Gasteiger partial charge in [0.25, 0.3) is 5.91 Å². The molecule has 0 atom stereocenters. The SMILES string of the molecule is Cc1c(COc2cc(OCc3cncc(C#N)c3)c(CN(CCO)C(=O)OC(C)(C)C)cc2Cl)cccc1-c1cccc(-c2ccc3c(c2)C(=O)N(C)CC(=O)N3CCN(CCO)C(=O)OC(C)(C)C)c1C. The van der Waals surface area contributed by atoms with Crippen molar-refractivity contribution in [3.8, 4) is 39.8 Å². The van der Waals surface area contributed by atoms with E-state index in [1.54, 1.807) is 85.1 Å². The van der Waals surface area contributed by atoms with Crippen LogP contribution in [0.2, 0.25) is 5.02 Å². The minimum atomic E-state index is -0.775. The van der Waals surface area contributed by atoms with Crippen LogP contribution in [0.15, 0.2) is 85.2 Å². The number of carbonyl (C=O) groups is 4. The molecule has 16 nitrogen and oxygen atoms in total. The number of ether oxygens (including phenoxy) is 4. The Hall–Kier alpha value is -7.19. The van der Waals surface area contributed by atoms with Crippen LogP contribution in [0.25, 0.3) is 22.3 Å². The first kappa shape index (κ1) is 54.1. The number of rotatable bonds is 17. The highest BCUT2D eigenvalue weighted by atomic mass is 35.5. The molecule has 1 aliphatic heterocycles. The number of aromatic nitrogens is 1. The zero-order chi connectivity index (χ0) is 52.5. The van der Waals surface area contributed by atoms with Gasteiger partial charge in [0.15, 0.2) is 0 Å². The first-order valence-corrected chi connectivity index (χ1v) is 24.0. The Balaban J connectivity index is 1.28. The van der Waals surface area contributed by atoms with Crippen LogP contribution < -0.4 is 14.4 Å². The highest BCUT2D eigenvalue weighted by Gasteiger charge is 2.32. The zero-order valence-corrected chi connectivity index (χ0v) is 43.1. The lowest BCUT2D eigenvalue weighted by atomic mass is 9.89. The van der Waals surface area contributed by atoms with E-state index in [4.69, 9.17) is 30.5 Å². The Bertz CT molecular complexity index is 2850. The number of nitrogens with zero attached hydrogens (tertiary/aromatic N) is 6. The van der Waals surface area contributed by atoms with Gasteiger partial charge < -0.3 is 48.8 Å². The summed E-state index contributed by atoms with van der Waals surface area (Å²) in [6.45, 7) is 14.1. The number of hydrogen-bond donors (Lipinski definition) is 2. The maximum atomic E-state index is 13.9. The number of anilines is 1. The average molecular weight is 1000 g/mol. The van der Waals surface area contributed by atoms with Crippen LogP contribution in [0.3, 0.4) is 0 Å². The molecule has 2 heterocycles. The van der Waals surface area contributed by atoms with Crippen LogP contribution >= 0.6 is 11.6 Å². The summed E-state index contributed by atoms with van der Waals surface area (Å²) in [5.74, 6) is 0.0469. The number of aliphatic hydroxyl groups is 2. The van der Waals surface area contributed by atoms with Crippen LogP contribution in [0.5, 0.6) is 11.5 Å². The van der Waals surface area contributed by atoms with Crippen molar-refractivity contribution in [2.75, 3.05) is 57.9 Å². The monoisotopic (exact) mass is 1000 g/mol. The minimum absolute atomic E-state index is 0.000153. The second kappa shape index (κ2) is 23.4. The van der Waals surface area contributed by atoms with Crippen molar-refractivity contribution in [3.63, 3.8) is 0 Å². The highest BCUT2D eigenvalue weighted by Crippen LogP contribution is 2.39. The summed E-state index contributed by atoms with van der Waals surface area (Å²) in [4.78, 5) is 63.5. The first-order valence-electron chi connectivity index (χ1n) is 23.6. The van der Waals surface area contributed by atoms with Gasteiger partial charge in [-0.25, -0.2) is 9.59 Å². The van der Waals surface area contributed by atoms with Gasteiger partial charge in [-0.1, -0.05) is 54.1 Å². The lowest BCUT2D eigenvalue weighted by molar-refractivity contribution is -0.119. The number of benzene rings is 4. The van der Waals surface area contributed by atoms with E-state index >= 15 is 0 Å². The molecule has 0 aliphatic carbocycles. The zero-order valence-electron chi connectivity index (χ0n) is 42.4. The van der Waals surface area contributed by atoms with E-state index in [-0.39, 0.29) is 82.5 Å². The van der Waals surface area contributed by atoms with Gasteiger partial charge in [-0.05, 0) is 119 Å². The summed E-state index contributed by atoms with van der Waals surface area (Å²) in [5, 5.41) is 29.3. The van der Waals surface area contributed by atoms with Crippen molar-refractivity contribution in [1.82, 2.24) is 19.7 Å². The lowest BCUT2D eigenvalue weighted by Crippen LogP contribution is -2.45. The Morgan fingerprint density at radius 3 is 2.04 bits per heavy atom. The van der Waals surface area contributed by atoms with Crippen LogP contribution in [0, 0.1) is 25.2 Å². The number of likely N-dealkylation sites (N-methyl/N-ethyl adjacent to an activating group) is 1.